The van der Waals surface area contributed by atoms with Crippen LogP contribution in [0.5, 0.6) is 0 Å². The number of pyridine rings is 1. The number of carbonyl (C=O) groups is 1. The van der Waals surface area contributed by atoms with Crippen molar-refractivity contribution in [2.45, 2.75) is 25.8 Å². The van der Waals surface area contributed by atoms with Gasteiger partial charge in [0.15, 0.2) is 0 Å². The zero-order valence-corrected chi connectivity index (χ0v) is 13.0. The minimum atomic E-state index is -1.19. The molecule has 23 heavy (non-hydrogen) atoms. The summed E-state index contributed by atoms with van der Waals surface area (Å²) in [5, 5.41) is 9.37. The molecule has 1 saturated heterocycles. The molecule has 1 fully saturated rings. The van der Waals surface area contributed by atoms with E-state index in [0.717, 1.165) is 24.0 Å². The van der Waals surface area contributed by atoms with Gasteiger partial charge < -0.3 is 14.4 Å². The Morgan fingerprint density at radius 1 is 1.17 bits per heavy atom. The lowest BCUT2D eigenvalue weighted by Gasteiger charge is -2.25. The van der Waals surface area contributed by atoms with Gasteiger partial charge in [-0.3, -0.25) is 4.79 Å². The first-order valence-electron chi connectivity index (χ1n) is 7.70. The Balaban J connectivity index is 2.13. The summed E-state index contributed by atoms with van der Waals surface area (Å²) in [5.41, 5.74) is 1.63. The van der Waals surface area contributed by atoms with Crippen molar-refractivity contribution in [3.8, 4) is 11.1 Å². The lowest BCUT2D eigenvalue weighted by atomic mass is 10.0. The molecule has 0 spiro atoms. The summed E-state index contributed by atoms with van der Waals surface area (Å²) in [6, 6.07) is 7.70. The van der Waals surface area contributed by atoms with Crippen molar-refractivity contribution >= 4 is 5.97 Å². The molecule has 0 saturated carbocycles. The van der Waals surface area contributed by atoms with E-state index in [2.05, 4.69) is 0 Å². The molecule has 1 aromatic heterocycles. The van der Waals surface area contributed by atoms with E-state index in [9.17, 15) is 14.7 Å². The Morgan fingerprint density at radius 2 is 1.83 bits per heavy atom. The average molecular weight is 313 g/mol. The summed E-state index contributed by atoms with van der Waals surface area (Å²) in [6.07, 6.45) is 4.86. The molecule has 120 valence electrons. The summed E-state index contributed by atoms with van der Waals surface area (Å²) >= 11 is 0. The fraction of sp³-hybridized carbons (Fsp3) is 0.333. The number of carboxylic acids is 1. The van der Waals surface area contributed by atoms with Gasteiger partial charge >= 0.3 is 5.97 Å². The zero-order chi connectivity index (χ0) is 16.4. The van der Waals surface area contributed by atoms with Crippen molar-refractivity contribution in [1.29, 1.82) is 0 Å². The predicted octanol–water partition coefficient (Wildman–Crippen LogP) is 2.87. The standard InChI is InChI=1S/C18H19NO4/c1-12-2-4-13(5-3-12)15-10-19(14-6-8-23-9-7-14)11-16(17(15)20)18(21)22/h2-5,10-11,14H,6-9H2,1H3,(H,21,22). The van der Waals surface area contributed by atoms with E-state index in [0.29, 0.717) is 18.8 Å². The first kappa shape index (κ1) is 15.5. The molecule has 0 atom stereocenters. The van der Waals surface area contributed by atoms with Crippen LogP contribution in [0.15, 0.2) is 41.5 Å². The molecule has 0 bridgehead atoms. The van der Waals surface area contributed by atoms with Gasteiger partial charge in [-0.25, -0.2) is 4.79 Å². The Morgan fingerprint density at radius 3 is 2.43 bits per heavy atom. The Hall–Kier alpha value is -2.40. The van der Waals surface area contributed by atoms with Gasteiger partial charge in [0.1, 0.15) is 5.56 Å². The van der Waals surface area contributed by atoms with Crippen LogP contribution in [0.1, 0.15) is 34.8 Å². The molecule has 2 aromatic rings. The normalized spacial score (nSPS) is 15.5. The van der Waals surface area contributed by atoms with E-state index in [4.69, 9.17) is 4.74 Å². The van der Waals surface area contributed by atoms with Crippen LogP contribution in [0, 0.1) is 6.92 Å². The van der Waals surface area contributed by atoms with Crippen LogP contribution >= 0.6 is 0 Å². The van der Waals surface area contributed by atoms with E-state index >= 15 is 0 Å². The van der Waals surface area contributed by atoms with Gasteiger partial charge in [0, 0.05) is 37.2 Å². The van der Waals surface area contributed by atoms with E-state index in [-0.39, 0.29) is 11.6 Å². The number of hydrogen-bond donors (Lipinski definition) is 1. The van der Waals surface area contributed by atoms with E-state index in [1.165, 1.54) is 6.20 Å². The highest BCUT2D eigenvalue weighted by Crippen LogP contribution is 2.24. The molecular formula is C18H19NO4. The lowest BCUT2D eigenvalue weighted by Crippen LogP contribution is -2.25. The first-order valence-corrected chi connectivity index (χ1v) is 7.70. The second-order valence-corrected chi connectivity index (χ2v) is 5.88. The summed E-state index contributed by atoms with van der Waals surface area (Å²) in [7, 11) is 0. The van der Waals surface area contributed by atoms with Crippen LogP contribution < -0.4 is 5.43 Å². The number of nitrogens with zero attached hydrogens (tertiary/aromatic N) is 1. The second kappa shape index (κ2) is 6.38. The predicted molar refractivity (Wildman–Crippen MR) is 86.9 cm³/mol. The number of carboxylic acid groups (broad SMARTS) is 1. The Kier molecular flexibility index (Phi) is 4.30. The smallest absolute Gasteiger partial charge is 0.341 e. The van der Waals surface area contributed by atoms with Crippen molar-refractivity contribution in [2.75, 3.05) is 13.2 Å². The van der Waals surface area contributed by atoms with E-state index < -0.39 is 11.4 Å². The first-order chi connectivity index (χ1) is 11.1. The van der Waals surface area contributed by atoms with Crippen molar-refractivity contribution in [1.82, 2.24) is 4.57 Å². The third kappa shape index (κ3) is 3.19. The van der Waals surface area contributed by atoms with Gasteiger partial charge in [-0.2, -0.15) is 0 Å². The van der Waals surface area contributed by atoms with Gasteiger partial charge in [0.25, 0.3) is 0 Å². The number of aryl methyl sites for hydroxylation is 1. The fourth-order valence-corrected chi connectivity index (χ4v) is 2.88. The van der Waals surface area contributed by atoms with Gasteiger partial charge in [0.05, 0.1) is 0 Å². The third-order valence-electron chi connectivity index (χ3n) is 4.25. The van der Waals surface area contributed by atoms with Gasteiger partial charge in [-0.15, -0.1) is 0 Å². The Labute approximate surface area is 134 Å². The summed E-state index contributed by atoms with van der Waals surface area (Å²) in [5.74, 6) is -1.19. The van der Waals surface area contributed by atoms with Crippen LogP contribution in [-0.4, -0.2) is 28.9 Å². The topological polar surface area (TPSA) is 68.5 Å². The minimum absolute atomic E-state index is 0.159. The van der Waals surface area contributed by atoms with Crippen LogP contribution in [0.4, 0.5) is 0 Å². The van der Waals surface area contributed by atoms with Crippen molar-refractivity contribution < 1.29 is 14.6 Å². The van der Waals surface area contributed by atoms with Crippen molar-refractivity contribution in [3.05, 3.63) is 58.0 Å². The van der Waals surface area contributed by atoms with Crippen LogP contribution in [0.2, 0.25) is 0 Å². The number of ether oxygens (including phenoxy) is 1. The van der Waals surface area contributed by atoms with Gasteiger partial charge in [0.2, 0.25) is 5.43 Å². The minimum Gasteiger partial charge on any atom is -0.477 e. The van der Waals surface area contributed by atoms with Crippen molar-refractivity contribution in [3.63, 3.8) is 0 Å². The second-order valence-electron chi connectivity index (χ2n) is 5.88. The molecule has 0 amide bonds. The number of benzene rings is 1. The number of rotatable bonds is 3. The molecule has 5 heteroatoms. The number of hydrogen-bond acceptors (Lipinski definition) is 3. The largest absolute Gasteiger partial charge is 0.477 e. The number of aromatic carboxylic acids is 1. The molecule has 1 N–H and O–H groups in total. The molecule has 5 nitrogen and oxygen atoms in total. The average Bonchev–Trinajstić information content (AvgIpc) is 2.56. The molecule has 0 aliphatic carbocycles. The van der Waals surface area contributed by atoms with Gasteiger partial charge in [-0.05, 0) is 25.3 Å². The SMILES string of the molecule is Cc1ccc(-c2cn(C3CCOCC3)cc(C(=O)O)c2=O)cc1. The summed E-state index contributed by atoms with van der Waals surface area (Å²) in [6.45, 7) is 3.27. The highest BCUT2D eigenvalue weighted by Gasteiger charge is 2.20. The molecule has 1 aliphatic heterocycles. The zero-order valence-electron chi connectivity index (χ0n) is 13.0. The van der Waals surface area contributed by atoms with Crippen molar-refractivity contribution in [2.24, 2.45) is 0 Å². The summed E-state index contributed by atoms with van der Waals surface area (Å²) in [4.78, 5) is 24.0. The van der Waals surface area contributed by atoms with Crippen LogP contribution in [0.25, 0.3) is 11.1 Å². The highest BCUT2D eigenvalue weighted by atomic mass is 16.5. The molecule has 0 radical (unpaired) electrons. The quantitative estimate of drug-likeness (QED) is 0.946. The van der Waals surface area contributed by atoms with Gasteiger partial charge in [-0.1, -0.05) is 29.8 Å². The Bertz CT molecular complexity index is 771. The highest BCUT2D eigenvalue weighted by molar-refractivity contribution is 5.88. The lowest BCUT2D eigenvalue weighted by molar-refractivity contribution is 0.0675. The fourth-order valence-electron chi connectivity index (χ4n) is 2.88. The maximum atomic E-state index is 12.5. The third-order valence-corrected chi connectivity index (χ3v) is 4.25. The molecule has 3 rings (SSSR count). The van der Waals surface area contributed by atoms with E-state index in [1.54, 1.807) is 6.20 Å². The molecule has 1 aliphatic rings. The van der Waals surface area contributed by atoms with E-state index in [1.807, 2.05) is 35.8 Å². The van der Waals surface area contributed by atoms with Crippen LogP contribution in [0.3, 0.4) is 0 Å². The number of aromatic nitrogens is 1. The molecule has 2 heterocycles. The molecular weight excluding hydrogens is 294 g/mol. The van der Waals surface area contributed by atoms with Crippen LogP contribution in [-0.2, 0) is 4.74 Å². The molecule has 1 aromatic carbocycles. The molecule has 0 unspecified atom stereocenters. The summed E-state index contributed by atoms with van der Waals surface area (Å²) < 4.78 is 7.22. The maximum absolute atomic E-state index is 12.5. The monoisotopic (exact) mass is 313 g/mol. The maximum Gasteiger partial charge on any atom is 0.341 e.